The second-order valence-corrected chi connectivity index (χ2v) is 5.04. The Morgan fingerprint density at radius 1 is 1.10 bits per heavy atom. The van der Waals surface area contributed by atoms with Crippen LogP contribution in [0.3, 0.4) is 0 Å². The molecule has 1 heterocycles. The zero-order valence-corrected chi connectivity index (χ0v) is 11.2. The number of fused-ring (bicyclic) bond motifs is 1. The molecule has 2 aromatic carbocycles. The third-order valence-corrected chi connectivity index (χ3v) is 3.84. The predicted molar refractivity (Wildman–Crippen MR) is 75.7 cm³/mol. The smallest absolute Gasteiger partial charge is 0.257 e. The minimum absolute atomic E-state index is 0.114. The fourth-order valence-corrected chi connectivity index (χ4v) is 2.84. The third-order valence-electron chi connectivity index (χ3n) is 3.84. The molecule has 20 heavy (non-hydrogen) atoms. The third kappa shape index (κ3) is 2.03. The van der Waals surface area contributed by atoms with E-state index < -0.39 is 6.04 Å². The molecule has 0 spiro atoms. The van der Waals surface area contributed by atoms with E-state index in [1.54, 1.807) is 0 Å². The first-order chi connectivity index (χ1) is 9.68. The van der Waals surface area contributed by atoms with Crippen LogP contribution < -0.4 is 4.74 Å². The highest BCUT2D eigenvalue weighted by molar-refractivity contribution is 5.46. The van der Waals surface area contributed by atoms with E-state index in [2.05, 4.69) is 0 Å². The van der Waals surface area contributed by atoms with E-state index in [1.807, 2.05) is 55.5 Å². The van der Waals surface area contributed by atoms with Crippen LogP contribution in [0.15, 0.2) is 48.5 Å². The van der Waals surface area contributed by atoms with Crippen molar-refractivity contribution in [3.05, 3.63) is 75.3 Å². The standard InChI is InChI=1S/C16H15NO3/c1-11-6-2-3-7-12(11)16-13-8-4-5-9-15(13)20-10-14(16)17(18)19/h2-9,14,16H,10H2,1H3/t14-,16+/m1/s1. The molecule has 2 atom stereocenters. The summed E-state index contributed by atoms with van der Waals surface area (Å²) < 4.78 is 5.55. The van der Waals surface area contributed by atoms with Gasteiger partial charge in [-0.3, -0.25) is 10.1 Å². The molecule has 4 heteroatoms. The van der Waals surface area contributed by atoms with Crippen molar-refractivity contribution >= 4 is 0 Å². The number of aryl methyl sites for hydroxylation is 1. The van der Waals surface area contributed by atoms with Crippen molar-refractivity contribution in [2.24, 2.45) is 0 Å². The van der Waals surface area contributed by atoms with Gasteiger partial charge in [-0.1, -0.05) is 42.5 Å². The molecule has 1 aliphatic rings. The van der Waals surface area contributed by atoms with Crippen molar-refractivity contribution in [1.82, 2.24) is 0 Å². The Morgan fingerprint density at radius 3 is 2.45 bits per heavy atom. The minimum Gasteiger partial charge on any atom is -0.486 e. The Morgan fingerprint density at radius 2 is 1.75 bits per heavy atom. The molecule has 0 saturated carbocycles. The van der Waals surface area contributed by atoms with Gasteiger partial charge in [-0.05, 0) is 24.1 Å². The summed E-state index contributed by atoms with van der Waals surface area (Å²) in [6.45, 7) is 2.10. The summed E-state index contributed by atoms with van der Waals surface area (Å²) in [5, 5.41) is 11.4. The molecule has 102 valence electrons. The van der Waals surface area contributed by atoms with Gasteiger partial charge in [-0.2, -0.15) is 0 Å². The van der Waals surface area contributed by atoms with Crippen molar-refractivity contribution in [3.63, 3.8) is 0 Å². The quantitative estimate of drug-likeness (QED) is 0.621. The van der Waals surface area contributed by atoms with Crippen molar-refractivity contribution in [3.8, 4) is 5.75 Å². The lowest BCUT2D eigenvalue weighted by atomic mass is 9.81. The molecule has 0 unspecified atom stereocenters. The summed E-state index contributed by atoms with van der Waals surface area (Å²) in [4.78, 5) is 11.2. The summed E-state index contributed by atoms with van der Waals surface area (Å²) in [7, 11) is 0. The van der Waals surface area contributed by atoms with Gasteiger partial charge in [0.2, 0.25) is 0 Å². The molecule has 4 nitrogen and oxygen atoms in total. The molecule has 0 aromatic heterocycles. The van der Waals surface area contributed by atoms with Crippen LogP contribution in [0.2, 0.25) is 0 Å². The number of benzene rings is 2. The summed E-state index contributed by atoms with van der Waals surface area (Å²) in [6.07, 6.45) is 0. The van der Waals surface area contributed by atoms with E-state index in [1.165, 1.54) is 0 Å². The van der Waals surface area contributed by atoms with Crippen LogP contribution in [0.1, 0.15) is 22.6 Å². The van der Waals surface area contributed by atoms with Crippen LogP contribution in [0.25, 0.3) is 0 Å². The van der Waals surface area contributed by atoms with Gasteiger partial charge < -0.3 is 4.74 Å². The Hall–Kier alpha value is -2.36. The van der Waals surface area contributed by atoms with E-state index in [0.29, 0.717) is 0 Å². The predicted octanol–water partition coefficient (Wildman–Crippen LogP) is 3.16. The average Bonchev–Trinajstić information content (AvgIpc) is 2.46. The van der Waals surface area contributed by atoms with Gasteiger partial charge in [0.05, 0.1) is 5.92 Å². The summed E-state index contributed by atoms with van der Waals surface area (Å²) in [5.74, 6) is 0.495. The maximum absolute atomic E-state index is 11.4. The molecule has 0 N–H and O–H groups in total. The lowest BCUT2D eigenvalue weighted by molar-refractivity contribution is -0.528. The molecule has 0 aliphatic carbocycles. The Bertz CT molecular complexity index is 654. The average molecular weight is 269 g/mol. The monoisotopic (exact) mass is 269 g/mol. The van der Waals surface area contributed by atoms with Gasteiger partial charge in [-0.25, -0.2) is 0 Å². The van der Waals surface area contributed by atoms with Crippen LogP contribution in [0.4, 0.5) is 0 Å². The maximum atomic E-state index is 11.4. The molecule has 3 rings (SSSR count). The molecule has 0 radical (unpaired) electrons. The van der Waals surface area contributed by atoms with Gasteiger partial charge >= 0.3 is 0 Å². The Balaban J connectivity index is 2.17. The van der Waals surface area contributed by atoms with E-state index in [-0.39, 0.29) is 17.4 Å². The summed E-state index contributed by atoms with van der Waals surface area (Å²) >= 11 is 0. The van der Waals surface area contributed by atoms with Gasteiger partial charge in [0.1, 0.15) is 5.75 Å². The van der Waals surface area contributed by atoms with Crippen molar-refractivity contribution in [1.29, 1.82) is 0 Å². The lowest BCUT2D eigenvalue weighted by Gasteiger charge is -2.29. The van der Waals surface area contributed by atoms with Crippen molar-refractivity contribution in [2.45, 2.75) is 18.9 Å². The molecule has 0 bridgehead atoms. The Kier molecular flexibility index (Phi) is 3.14. The molecule has 0 saturated heterocycles. The topological polar surface area (TPSA) is 52.4 Å². The van der Waals surface area contributed by atoms with Gasteiger partial charge in [0.25, 0.3) is 6.04 Å². The van der Waals surface area contributed by atoms with Crippen LogP contribution in [0, 0.1) is 17.0 Å². The normalized spacial score (nSPS) is 20.9. The molecule has 2 aromatic rings. The zero-order valence-electron chi connectivity index (χ0n) is 11.2. The van der Waals surface area contributed by atoms with Crippen molar-refractivity contribution in [2.75, 3.05) is 6.61 Å². The van der Waals surface area contributed by atoms with E-state index in [0.717, 1.165) is 22.4 Å². The van der Waals surface area contributed by atoms with E-state index >= 15 is 0 Å². The second-order valence-electron chi connectivity index (χ2n) is 5.04. The molecule has 0 fully saturated rings. The van der Waals surface area contributed by atoms with Gasteiger partial charge in [-0.15, -0.1) is 0 Å². The number of ether oxygens (including phenoxy) is 1. The fraction of sp³-hybridized carbons (Fsp3) is 0.250. The molecular formula is C16H15NO3. The first-order valence-electron chi connectivity index (χ1n) is 6.59. The number of rotatable bonds is 2. The first-order valence-corrected chi connectivity index (χ1v) is 6.59. The van der Waals surface area contributed by atoms with Crippen LogP contribution in [0.5, 0.6) is 5.75 Å². The minimum atomic E-state index is -0.744. The lowest BCUT2D eigenvalue weighted by Crippen LogP contribution is -2.38. The second kappa shape index (κ2) is 4.96. The summed E-state index contributed by atoms with van der Waals surface area (Å²) in [6, 6.07) is 14.7. The van der Waals surface area contributed by atoms with E-state index in [9.17, 15) is 10.1 Å². The van der Waals surface area contributed by atoms with E-state index in [4.69, 9.17) is 4.74 Å². The highest BCUT2D eigenvalue weighted by Crippen LogP contribution is 2.40. The number of para-hydroxylation sites is 1. The highest BCUT2D eigenvalue weighted by atomic mass is 16.6. The number of hydrogen-bond donors (Lipinski definition) is 0. The van der Waals surface area contributed by atoms with Crippen molar-refractivity contribution < 1.29 is 9.66 Å². The number of nitro groups is 1. The Labute approximate surface area is 117 Å². The number of nitrogens with zero attached hydrogens (tertiary/aromatic N) is 1. The molecule has 1 aliphatic heterocycles. The number of hydrogen-bond acceptors (Lipinski definition) is 3. The zero-order chi connectivity index (χ0) is 14.1. The first kappa shape index (κ1) is 12.7. The van der Waals surface area contributed by atoms with Crippen LogP contribution >= 0.6 is 0 Å². The van der Waals surface area contributed by atoms with Gasteiger partial charge in [0, 0.05) is 10.5 Å². The molecule has 0 amide bonds. The van der Waals surface area contributed by atoms with Gasteiger partial charge in [0.15, 0.2) is 6.61 Å². The fourth-order valence-electron chi connectivity index (χ4n) is 2.84. The maximum Gasteiger partial charge on any atom is 0.257 e. The molecular weight excluding hydrogens is 254 g/mol. The SMILES string of the molecule is Cc1ccccc1[C@H]1c2ccccc2OC[C@H]1[N+](=O)[O-]. The summed E-state index contributed by atoms with van der Waals surface area (Å²) in [5.41, 5.74) is 2.97. The highest BCUT2D eigenvalue weighted by Gasteiger charge is 2.40. The largest absolute Gasteiger partial charge is 0.486 e. The van der Waals surface area contributed by atoms with Crippen LogP contribution in [-0.2, 0) is 0 Å². The van der Waals surface area contributed by atoms with Crippen LogP contribution in [-0.4, -0.2) is 17.6 Å².